The number of nitrogens with two attached hydrogens (primary N) is 1. The molecule has 0 bridgehead atoms. The van der Waals surface area contributed by atoms with Crippen LogP contribution in [-0.4, -0.2) is 27.6 Å². The number of thiazole rings is 1. The van der Waals surface area contributed by atoms with Crippen molar-refractivity contribution in [2.45, 2.75) is 13.0 Å². The molecule has 0 aromatic carbocycles. The van der Waals surface area contributed by atoms with Gasteiger partial charge in [0.15, 0.2) is 5.13 Å². The van der Waals surface area contributed by atoms with Crippen molar-refractivity contribution in [1.82, 2.24) is 9.88 Å². The molecule has 70 valence electrons. The van der Waals surface area contributed by atoms with Gasteiger partial charge in [-0.1, -0.05) is 0 Å². The van der Waals surface area contributed by atoms with Gasteiger partial charge in [-0.25, -0.2) is 9.78 Å². The van der Waals surface area contributed by atoms with Crippen LogP contribution in [0.3, 0.4) is 0 Å². The van der Waals surface area contributed by atoms with Crippen LogP contribution in [0.2, 0.25) is 0 Å². The van der Waals surface area contributed by atoms with E-state index in [9.17, 15) is 4.79 Å². The molecule has 0 aliphatic carbocycles. The topological polar surface area (TPSA) is 79.5 Å². The zero-order chi connectivity index (χ0) is 9.42. The van der Waals surface area contributed by atoms with E-state index in [1.165, 1.54) is 16.2 Å². The summed E-state index contributed by atoms with van der Waals surface area (Å²) in [6, 6.07) is 0. The summed E-state index contributed by atoms with van der Waals surface area (Å²) in [4.78, 5) is 17.2. The molecule has 1 aromatic rings. The van der Waals surface area contributed by atoms with E-state index < -0.39 is 6.09 Å². The van der Waals surface area contributed by atoms with Gasteiger partial charge in [0.25, 0.3) is 0 Å². The molecule has 13 heavy (non-hydrogen) atoms. The van der Waals surface area contributed by atoms with E-state index in [1.807, 2.05) is 0 Å². The smallest absolute Gasteiger partial charge is 0.407 e. The molecule has 1 aromatic heterocycles. The number of fused-ring (bicyclic) bond motifs is 1. The standard InChI is InChI=1S/C7H9N3O2S/c8-6-9-4-3-10(7(11)12)2-1-5(4)13-6/h1-3H2,(H2,8,9)(H,11,12). The van der Waals surface area contributed by atoms with Gasteiger partial charge >= 0.3 is 6.09 Å². The number of anilines is 1. The molecule has 1 amide bonds. The number of aromatic nitrogens is 1. The van der Waals surface area contributed by atoms with Crippen molar-refractivity contribution >= 4 is 22.6 Å². The molecule has 0 unspecified atom stereocenters. The van der Waals surface area contributed by atoms with Crippen molar-refractivity contribution in [3.8, 4) is 0 Å². The van der Waals surface area contributed by atoms with Crippen LogP contribution < -0.4 is 5.73 Å². The van der Waals surface area contributed by atoms with Crippen LogP contribution in [0.5, 0.6) is 0 Å². The van der Waals surface area contributed by atoms with E-state index in [-0.39, 0.29) is 0 Å². The lowest BCUT2D eigenvalue weighted by Crippen LogP contribution is -2.34. The molecule has 2 rings (SSSR count). The minimum Gasteiger partial charge on any atom is -0.465 e. The van der Waals surface area contributed by atoms with Crippen LogP contribution in [0.1, 0.15) is 10.6 Å². The van der Waals surface area contributed by atoms with Crippen molar-refractivity contribution in [2.75, 3.05) is 12.3 Å². The molecule has 2 heterocycles. The molecular weight excluding hydrogens is 190 g/mol. The number of hydrogen-bond donors (Lipinski definition) is 2. The Kier molecular flexibility index (Phi) is 1.84. The molecule has 0 fully saturated rings. The fraction of sp³-hybridized carbons (Fsp3) is 0.429. The van der Waals surface area contributed by atoms with E-state index in [1.54, 1.807) is 0 Å². The maximum absolute atomic E-state index is 10.6. The summed E-state index contributed by atoms with van der Waals surface area (Å²) < 4.78 is 0. The summed E-state index contributed by atoms with van der Waals surface area (Å²) in [6.07, 6.45) is -0.159. The van der Waals surface area contributed by atoms with E-state index in [0.29, 0.717) is 18.2 Å². The molecule has 0 spiro atoms. The van der Waals surface area contributed by atoms with Gasteiger partial charge < -0.3 is 15.7 Å². The lowest BCUT2D eigenvalue weighted by molar-refractivity contribution is 0.139. The number of carboxylic acid groups (broad SMARTS) is 1. The Labute approximate surface area is 78.8 Å². The summed E-state index contributed by atoms with van der Waals surface area (Å²) in [6.45, 7) is 0.919. The number of rotatable bonds is 0. The van der Waals surface area contributed by atoms with E-state index in [4.69, 9.17) is 10.8 Å². The van der Waals surface area contributed by atoms with Crippen LogP contribution >= 0.6 is 11.3 Å². The highest BCUT2D eigenvalue weighted by molar-refractivity contribution is 7.15. The summed E-state index contributed by atoms with van der Waals surface area (Å²) in [5.41, 5.74) is 6.34. The number of carbonyl (C=O) groups is 1. The van der Waals surface area contributed by atoms with Crippen LogP contribution in [0.25, 0.3) is 0 Å². The Balaban J connectivity index is 2.24. The molecule has 6 heteroatoms. The Hall–Kier alpha value is -1.30. The van der Waals surface area contributed by atoms with E-state index in [2.05, 4.69) is 4.98 Å². The molecular formula is C7H9N3O2S. The largest absolute Gasteiger partial charge is 0.465 e. The van der Waals surface area contributed by atoms with Crippen molar-refractivity contribution in [3.05, 3.63) is 10.6 Å². The van der Waals surface area contributed by atoms with Gasteiger partial charge in [-0.15, -0.1) is 11.3 Å². The zero-order valence-electron chi connectivity index (χ0n) is 6.86. The second kappa shape index (κ2) is 2.88. The second-order valence-electron chi connectivity index (χ2n) is 2.88. The molecule has 1 aliphatic heterocycles. The zero-order valence-corrected chi connectivity index (χ0v) is 7.67. The van der Waals surface area contributed by atoms with Crippen LogP contribution in [0.15, 0.2) is 0 Å². The average Bonchev–Trinajstić information content (AvgIpc) is 2.42. The summed E-state index contributed by atoms with van der Waals surface area (Å²) in [7, 11) is 0. The summed E-state index contributed by atoms with van der Waals surface area (Å²) in [5, 5.41) is 9.27. The first-order valence-electron chi connectivity index (χ1n) is 3.89. The quantitative estimate of drug-likeness (QED) is 0.646. The SMILES string of the molecule is Nc1nc2c(s1)CCN(C(=O)O)C2. The van der Waals surface area contributed by atoms with Crippen LogP contribution in [0, 0.1) is 0 Å². The van der Waals surface area contributed by atoms with Crippen molar-refractivity contribution in [2.24, 2.45) is 0 Å². The highest BCUT2D eigenvalue weighted by atomic mass is 32.1. The van der Waals surface area contributed by atoms with Gasteiger partial charge in [-0.3, -0.25) is 0 Å². The average molecular weight is 199 g/mol. The monoisotopic (exact) mass is 199 g/mol. The van der Waals surface area contributed by atoms with Crippen molar-refractivity contribution < 1.29 is 9.90 Å². The van der Waals surface area contributed by atoms with Crippen LogP contribution in [-0.2, 0) is 13.0 Å². The Morgan fingerprint density at radius 2 is 2.46 bits per heavy atom. The second-order valence-corrected chi connectivity index (χ2v) is 3.99. The first kappa shape index (κ1) is 8.31. The summed E-state index contributed by atoms with van der Waals surface area (Å²) in [5.74, 6) is 0. The first-order valence-corrected chi connectivity index (χ1v) is 4.70. The third kappa shape index (κ3) is 1.44. The highest BCUT2D eigenvalue weighted by Crippen LogP contribution is 2.25. The van der Waals surface area contributed by atoms with E-state index in [0.717, 1.165) is 17.0 Å². The molecule has 1 aliphatic rings. The molecule has 0 radical (unpaired) electrons. The Morgan fingerprint density at radius 3 is 3.15 bits per heavy atom. The third-order valence-electron chi connectivity index (χ3n) is 2.01. The van der Waals surface area contributed by atoms with Crippen molar-refractivity contribution in [3.63, 3.8) is 0 Å². The van der Waals surface area contributed by atoms with Gasteiger partial charge in [0.05, 0.1) is 12.2 Å². The number of hydrogen-bond acceptors (Lipinski definition) is 4. The van der Waals surface area contributed by atoms with Gasteiger partial charge in [0, 0.05) is 17.8 Å². The third-order valence-corrected chi connectivity index (χ3v) is 3.00. The lowest BCUT2D eigenvalue weighted by atomic mass is 10.2. The Bertz CT molecular complexity index is 350. The number of amides is 1. The predicted octanol–water partition coefficient (Wildman–Crippen LogP) is 0.761. The minimum atomic E-state index is -0.891. The number of nitrogens with zero attached hydrogens (tertiary/aromatic N) is 2. The predicted molar refractivity (Wildman–Crippen MR) is 48.7 cm³/mol. The van der Waals surface area contributed by atoms with Gasteiger partial charge in [-0.2, -0.15) is 0 Å². The molecule has 0 saturated carbocycles. The maximum atomic E-state index is 10.6. The Morgan fingerprint density at radius 1 is 1.69 bits per heavy atom. The fourth-order valence-corrected chi connectivity index (χ4v) is 2.21. The van der Waals surface area contributed by atoms with Gasteiger partial charge in [0.2, 0.25) is 0 Å². The van der Waals surface area contributed by atoms with Crippen LogP contribution in [0.4, 0.5) is 9.93 Å². The molecule has 3 N–H and O–H groups in total. The van der Waals surface area contributed by atoms with Gasteiger partial charge in [0.1, 0.15) is 0 Å². The minimum absolute atomic E-state index is 0.373. The highest BCUT2D eigenvalue weighted by Gasteiger charge is 2.22. The molecule has 5 nitrogen and oxygen atoms in total. The van der Waals surface area contributed by atoms with E-state index >= 15 is 0 Å². The van der Waals surface area contributed by atoms with Gasteiger partial charge in [-0.05, 0) is 0 Å². The maximum Gasteiger partial charge on any atom is 0.407 e. The fourth-order valence-electron chi connectivity index (χ4n) is 1.38. The molecule has 0 atom stereocenters. The first-order chi connectivity index (χ1) is 6.16. The number of nitrogen functional groups attached to an aromatic ring is 1. The summed E-state index contributed by atoms with van der Waals surface area (Å²) >= 11 is 1.45. The van der Waals surface area contributed by atoms with Crippen molar-refractivity contribution in [1.29, 1.82) is 0 Å². The lowest BCUT2D eigenvalue weighted by Gasteiger charge is -2.22. The molecule has 0 saturated heterocycles. The normalized spacial score (nSPS) is 15.5.